The van der Waals surface area contributed by atoms with Crippen molar-refractivity contribution in [2.45, 2.75) is 19.6 Å². The van der Waals surface area contributed by atoms with E-state index in [4.69, 9.17) is 37.4 Å². The Morgan fingerprint density at radius 1 is 1.00 bits per heavy atom. The molecule has 0 fully saturated rings. The summed E-state index contributed by atoms with van der Waals surface area (Å²) in [6.07, 6.45) is 2.59. The van der Waals surface area contributed by atoms with Gasteiger partial charge in [0, 0.05) is 18.8 Å². The predicted molar refractivity (Wildman–Crippen MR) is 128 cm³/mol. The number of benzene rings is 2. The molecule has 3 rings (SSSR count). The molecule has 1 aromatic heterocycles. The highest BCUT2D eigenvalue weighted by Gasteiger charge is 2.12. The molecule has 0 radical (unpaired) electrons. The van der Waals surface area contributed by atoms with E-state index >= 15 is 0 Å². The minimum Gasteiger partial charge on any atom is -0.493 e. The smallest absolute Gasteiger partial charge is 0.213 e. The van der Waals surface area contributed by atoms with Crippen LogP contribution < -0.4 is 19.5 Å². The molecule has 0 saturated heterocycles. The summed E-state index contributed by atoms with van der Waals surface area (Å²) >= 11 is 15.6. The maximum absolute atomic E-state index is 6.08. The number of nitrogens with one attached hydrogen (secondary N) is 1. The van der Waals surface area contributed by atoms with E-state index in [1.807, 2.05) is 36.4 Å². The van der Waals surface area contributed by atoms with Crippen molar-refractivity contribution >= 4 is 39.1 Å². The molecule has 0 aliphatic rings. The maximum atomic E-state index is 6.08. The highest BCUT2D eigenvalue weighted by molar-refractivity contribution is 9.10. The van der Waals surface area contributed by atoms with Gasteiger partial charge in [-0.1, -0.05) is 35.3 Å². The number of hydrogen-bond acceptors (Lipinski definition) is 5. The fraction of sp³-hybridized carbons (Fsp3) is 0.261. The summed E-state index contributed by atoms with van der Waals surface area (Å²) < 4.78 is 17.9. The normalized spacial score (nSPS) is 10.7. The lowest BCUT2D eigenvalue weighted by Crippen LogP contribution is -2.17. The second-order valence-corrected chi connectivity index (χ2v) is 8.36. The predicted octanol–water partition coefficient (Wildman–Crippen LogP) is 6.30. The van der Waals surface area contributed by atoms with Crippen molar-refractivity contribution in [3.05, 3.63) is 80.4 Å². The minimum atomic E-state index is 0.347. The van der Waals surface area contributed by atoms with Gasteiger partial charge >= 0.3 is 0 Å². The Balaban J connectivity index is 1.49. The van der Waals surface area contributed by atoms with E-state index in [1.165, 1.54) is 0 Å². The van der Waals surface area contributed by atoms with Crippen molar-refractivity contribution < 1.29 is 14.2 Å². The van der Waals surface area contributed by atoms with Crippen LogP contribution in [0.4, 0.5) is 0 Å². The molecular formula is C23H23BrCl2N2O3. The molecule has 2 aromatic carbocycles. The lowest BCUT2D eigenvalue weighted by Gasteiger charge is -2.15. The largest absolute Gasteiger partial charge is 0.493 e. The minimum absolute atomic E-state index is 0.347. The zero-order chi connectivity index (χ0) is 22.1. The summed E-state index contributed by atoms with van der Waals surface area (Å²) in [5.74, 6) is 1.94. The van der Waals surface area contributed by atoms with E-state index in [9.17, 15) is 0 Å². The lowest BCUT2D eigenvalue weighted by molar-refractivity contribution is 0.282. The van der Waals surface area contributed by atoms with Gasteiger partial charge in [0.15, 0.2) is 11.5 Å². The third-order valence-electron chi connectivity index (χ3n) is 4.37. The molecule has 3 aromatic rings. The Kier molecular flexibility index (Phi) is 9.28. The van der Waals surface area contributed by atoms with Gasteiger partial charge in [-0.3, -0.25) is 0 Å². The summed E-state index contributed by atoms with van der Waals surface area (Å²) in [5.41, 5.74) is 2.00. The van der Waals surface area contributed by atoms with Crippen LogP contribution in [-0.4, -0.2) is 25.2 Å². The number of rotatable bonds is 11. The van der Waals surface area contributed by atoms with Crippen LogP contribution in [0.2, 0.25) is 10.0 Å². The molecule has 0 bridgehead atoms. The summed E-state index contributed by atoms with van der Waals surface area (Å²) in [6, 6.07) is 15.0. The van der Waals surface area contributed by atoms with Crippen LogP contribution >= 0.6 is 39.1 Å². The zero-order valence-corrected chi connectivity index (χ0v) is 20.1. The third kappa shape index (κ3) is 7.28. The molecular weight excluding hydrogens is 503 g/mol. The standard InChI is InChI=1S/C23H23BrCl2N2O3/c1-29-21-13-17(14-27-8-4-10-30-22-5-2-3-9-28-22)11-18(24)23(21)31-15-16-6-7-19(25)20(26)12-16/h2-3,5-7,9,11-13,27H,4,8,10,14-15H2,1H3. The Bertz CT molecular complexity index is 990. The number of methoxy groups -OCH3 is 1. The first-order valence-corrected chi connectivity index (χ1v) is 11.3. The molecule has 31 heavy (non-hydrogen) atoms. The van der Waals surface area contributed by atoms with E-state index in [2.05, 4.69) is 26.2 Å². The summed E-state index contributed by atoms with van der Waals surface area (Å²) in [7, 11) is 1.62. The van der Waals surface area contributed by atoms with Gasteiger partial charge in [-0.25, -0.2) is 4.98 Å². The van der Waals surface area contributed by atoms with E-state index < -0.39 is 0 Å². The van der Waals surface area contributed by atoms with E-state index in [0.717, 1.165) is 28.6 Å². The van der Waals surface area contributed by atoms with E-state index in [-0.39, 0.29) is 0 Å². The lowest BCUT2D eigenvalue weighted by atomic mass is 10.2. The van der Waals surface area contributed by atoms with Gasteiger partial charge in [-0.05, 0) is 70.4 Å². The van der Waals surface area contributed by atoms with Crippen LogP contribution in [0.15, 0.2) is 59.2 Å². The number of halogens is 3. The first-order chi connectivity index (χ1) is 15.1. The van der Waals surface area contributed by atoms with Crippen LogP contribution in [0.3, 0.4) is 0 Å². The number of hydrogen-bond donors (Lipinski definition) is 1. The van der Waals surface area contributed by atoms with Gasteiger partial charge in [-0.2, -0.15) is 0 Å². The van der Waals surface area contributed by atoms with Crippen LogP contribution in [0, 0.1) is 0 Å². The molecule has 0 spiro atoms. The monoisotopic (exact) mass is 524 g/mol. The average Bonchev–Trinajstić information content (AvgIpc) is 2.78. The first-order valence-electron chi connectivity index (χ1n) is 9.74. The Hall–Kier alpha value is -1.99. The summed E-state index contributed by atoms with van der Waals surface area (Å²) in [4.78, 5) is 4.14. The van der Waals surface area contributed by atoms with Crippen molar-refractivity contribution in [3.63, 3.8) is 0 Å². The maximum Gasteiger partial charge on any atom is 0.213 e. The van der Waals surface area contributed by atoms with Crippen molar-refractivity contribution in [2.24, 2.45) is 0 Å². The molecule has 1 heterocycles. The van der Waals surface area contributed by atoms with Crippen LogP contribution in [0.1, 0.15) is 17.5 Å². The number of nitrogens with zero attached hydrogens (tertiary/aromatic N) is 1. The fourth-order valence-corrected chi connectivity index (χ4v) is 3.76. The van der Waals surface area contributed by atoms with Crippen molar-refractivity contribution in [1.82, 2.24) is 10.3 Å². The molecule has 0 aliphatic heterocycles. The summed E-state index contributed by atoms with van der Waals surface area (Å²) in [5, 5.41) is 4.43. The van der Waals surface area contributed by atoms with E-state index in [0.29, 0.717) is 47.2 Å². The molecule has 0 amide bonds. The summed E-state index contributed by atoms with van der Waals surface area (Å²) in [6.45, 7) is 2.48. The Labute approximate surface area is 200 Å². The molecule has 0 unspecified atom stereocenters. The number of aromatic nitrogens is 1. The molecule has 0 aliphatic carbocycles. The molecule has 5 nitrogen and oxygen atoms in total. The quantitative estimate of drug-likeness (QED) is 0.298. The van der Waals surface area contributed by atoms with Crippen molar-refractivity contribution in [3.8, 4) is 17.4 Å². The van der Waals surface area contributed by atoms with Gasteiger partial charge in [0.2, 0.25) is 5.88 Å². The molecule has 8 heteroatoms. The van der Waals surface area contributed by atoms with Crippen LogP contribution in [0.25, 0.3) is 0 Å². The second-order valence-electron chi connectivity index (χ2n) is 6.69. The SMILES string of the molecule is COc1cc(CNCCCOc2ccccn2)cc(Br)c1OCc1ccc(Cl)c(Cl)c1. The van der Waals surface area contributed by atoms with Crippen molar-refractivity contribution in [2.75, 3.05) is 20.3 Å². The fourth-order valence-electron chi connectivity index (χ4n) is 2.84. The third-order valence-corrected chi connectivity index (χ3v) is 5.70. The molecule has 1 N–H and O–H groups in total. The molecule has 0 saturated carbocycles. The zero-order valence-electron chi connectivity index (χ0n) is 17.0. The molecule has 164 valence electrons. The van der Waals surface area contributed by atoms with Crippen molar-refractivity contribution in [1.29, 1.82) is 0 Å². The van der Waals surface area contributed by atoms with Gasteiger partial charge in [-0.15, -0.1) is 0 Å². The second kappa shape index (κ2) is 12.2. The average molecular weight is 526 g/mol. The topological polar surface area (TPSA) is 52.6 Å². The Morgan fingerprint density at radius 3 is 2.61 bits per heavy atom. The molecule has 0 atom stereocenters. The van der Waals surface area contributed by atoms with Gasteiger partial charge < -0.3 is 19.5 Å². The van der Waals surface area contributed by atoms with Crippen LogP contribution in [-0.2, 0) is 13.2 Å². The van der Waals surface area contributed by atoms with Crippen LogP contribution in [0.5, 0.6) is 17.4 Å². The van der Waals surface area contributed by atoms with Gasteiger partial charge in [0.25, 0.3) is 0 Å². The van der Waals surface area contributed by atoms with Gasteiger partial charge in [0.1, 0.15) is 6.61 Å². The first kappa shape index (κ1) is 23.7. The highest BCUT2D eigenvalue weighted by Crippen LogP contribution is 2.37. The number of ether oxygens (including phenoxy) is 3. The van der Waals surface area contributed by atoms with Gasteiger partial charge in [0.05, 0.1) is 28.2 Å². The Morgan fingerprint density at radius 2 is 1.87 bits per heavy atom. The number of pyridine rings is 1. The van der Waals surface area contributed by atoms with E-state index in [1.54, 1.807) is 25.4 Å². The highest BCUT2D eigenvalue weighted by atomic mass is 79.9.